The molecule has 1 amide bonds. The van der Waals surface area contributed by atoms with E-state index in [0.717, 1.165) is 6.33 Å². The van der Waals surface area contributed by atoms with Gasteiger partial charge < -0.3 is 20.9 Å². The second-order valence-corrected chi connectivity index (χ2v) is 9.25. The van der Waals surface area contributed by atoms with Crippen LogP contribution in [-0.4, -0.2) is 58.7 Å². The van der Waals surface area contributed by atoms with Crippen molar-refractivity contribution < 1.29 is 22.4 Å². The number of nitrogens with zero attached hydrogens (tertiary/aromatic N) is 4. The van der Waals surface area contributed by atoms with Gasteiger partial charge in [0.25, 0.3) is 0 Å². The summed E-state index contributed by atoms with van der Waals surface area (Å²) in [5, 5.41) is 3.77. The Morgan fingerprint density at radius 3 is 2.47 bits per heavy atom. The molecule has 1 aromatic heterocycles. The molecule has 0 saturated carbocycles. The lowest BCUT2D eigenvalue weighted by molar-refractivity contribution is -0.197. The molecule has 0 spiro atoms. The van der Waals surface area contributed by atoms with Gasteiger partial charge in [0.15, 0.2) is 11.6 Å². The highest BCUT2D eigenvalue weighted by Gasteiger charge is 2.51. The summed E-state index contributed by atoms with van der Waals surface area (Å²) in [6.07, 6.45) is -2.86. The van der Waals surface area contributed by atoms with Crippen LogP contribution in [0.25, 0.3) is 0 Å². The van der Waals surface area contributed by atoms with Crippen molar-refractivity contribution in [2.75, 3.05) is 35.6 Å². The van der Waals surface area contributed by atoms with Crippen LogP contribution in [0, 0.1) is 11.7 Å². The first-order valence-electron chi connectivity index (χ1n) is 10.7. The van der Waals surface area contributed by atoms with Crippen LogP contribution in [-0.2, 0) is 4.79 Å². The van der Waals surface area contributed by atoms with Crippen LogP contribution in [0.4, 0.5) is 34.9 Å². The molecule has 2 aromatic rings. The molecule has 1 aromatic carbocycles. The Bertz CT molecular complexity index is 1050. The summed E-state index contributed by atoms with van der Waals surface area (Å²) in [6, 6.07) is 2.74. The number of rotatable bonds is 4. The zero-order chi connectivity index (χ0) is 24.6. The number of benzene rings is 1. The number of hydrogen-bond acceptors (Lipinski definition) is 6. The summed E-state index contributed by atoms with van der Waals surface area (Å²) in [5.74, 6) is -3.68. The molecular formula is C21H22Cl2F4N6O. The minimum atomic E-state index is -4.53. The van der Waals surface area contributed by atoms with E-state index in [2.05, 4.69) is 15.3 Å². The number of halogens is 6. The average Bonchev–Trinajstić information content (AvgIpc) is 2.75. The Morgan fingerprint density at radius 1 is 1.09 bits per heavy atom. The number of aromatic nitrogens is 2. The zero-order valence-electron chi connectivity index (χ0n) is 17.8. The Morgan fingerprint density at radius 2 is 1.79 bits per heavy atom. The number of nitrogens with one attached hydrogen (secondary N) is 1. The number of piperidine rings is 2. The lowest BCUT2D eigenvalue weighted by Crippen LogP contribution is -2.62. The third-order valence-electron chi connectivity index (χ3n) is 6.18. The van der Waals surface area contributed by atoms with Crippen molar-refractivity contribution in [2.45, 2.75) is 37.5 Å². The van der Waals surface area contributed by atoms with Crippen molar-refractivity contribution in [2.24, 2.45) is 5.92 Å². The summed E-state index contributed by atoms with van der Waals surface area (Å²) in [6.45, 7) is -0.162. The molecule has 2 fully saturated rings. The van der Waals surface area contributed by atoms with Gasteiger partial charge in [-0.15, -0.1) is 0 Å². The molecule has 7 nitrogen and oxygen atoms in total. The van der Waals surface area contributed by atoms with E-state index < -0.39 is 41.7 Å². The largest absolute Gasteiger partial charge is 0.393 e. The summed E-state index contributed by atoms with van der Waals surface area (Å²) < 4.78 is 56.4. The Balaban J connectivity index is 1.59. The number of alkyl halides is 3. The van der Waals surface area contributed by atoms with Gasteiger partial charge in [-0.25, -0.2) is 9.97 Å². The van der Waals surface area contributed by atoms with E-state index >= 15 is 0 Å². The quantitative estimate of drug-likeness (QED) is 0.582. The zero-order valence-corrected chi connectivity index (χ0v) is 19.3. The van der Waals surface area contributed by atoms with Crippen LogP contribution < -0.4 is 16.0 Å². The maximum atomic E-state index is 14.5. The Kier molecular flexibility index (Phi) is 6.95. The molecule has 0 bridgehead atoms. The first kappa shape index (κ1) is 24.6. The highest BCUT2D eigenvalue weighted by Crippen LogP contribution is 2.39. The van der Waals surface area contributed by atoms with Crippen molar-refractivity contribution in [1.82, 2.24) is 14.9 Å². The first-order valence-corrected chi connectivity index (χ1v) is 11.4. The number of hydrogen-bond donors (Lipinski definition) is 2. The first-order chi connectivity index (χ1) is 16.0. The fraction of sp³-hybridized carbons (Fsp3) is 0.476. The maximum absolute atomic E-state index is 14.5. The van der Waals surface area contributed by atoms with E-state index in [9.17, 15) is 22.4 Å². The SMILES string of the molecule is Nc1ncnc(N2CCC(C(F)(F)F)C(N3CCCC(Nc4cc(Cl)cc(Cl)c4)C3=O)C2)c1F. The van der Waals surface area contributed by atoms with E-state index in [4.69, 9.17) is 28.9 Å². The third-order valence-corrected chi connectivity index (χ3v) is 6.61. The van der Waals surface area contributed by atoms with Crippen LogP contribution >= 0.6 is 23.2 Å². The number of nitrogen functional groups attached to an aromatic ring is 1. The number of carbonyl (C=O) groups is 1. The molecule has 4 rings (SSSR count). The average molecular weight is 521 g/mol. The molecule has 3 heterocycles. The molecule has 2 aliphatic rings. The normalized spacial score (nSPS) is 23.8. The van der Waals surface area contributed by atoms with E-state index in [1.807, 2.05) is 0 Å². The molecule has 2 saturated heterocycles. The van der Waals surface area contributed by atoms with Gasteiger partial charge in [-0.1, -0.05) is 23.2 Å². The van der Waals surface area contributed by atoms with Gasteiger partial charge in [-0.3, -0.25) is 4.79 Å². The Hall–Kier alpha value is -2.53. The molecule has 0 radical (unpaired) electrons. The van der Waals surface area contributed by atoms with Crippen molar-refractivity contribution in [3.05, 3.63) is 40.4 Å². The molecule has 2 aliphatic heterocycles. The predicted octanol–water partition coefficient (Wildman–Crippen LogP) is 4.37. The smallest absolute Gasteiger partial charge is 0.381 e. The minimum absolute atomic E-state index is 0.0846. The van der Waals surface area contributed by atoms with Crippen LogP contribution in [0.5, 0.6) is 0 Å². The summed E-state index contributed by atoms with van der Waals surface area (Å²) in [5.41, 5.74) is 6.01. The van der Waals surface area contributed by atoms with Crippen LogP contribution in [0.2, 0.25) is 10.0 Å². The second-order valence-electron chi connectivity index (χ2n) is 8.38. The van der Waals surface area contributed by atoms with E-state index in [1.165, 1.54) is 15.9 Å². The van der Waals surface area contributed by atoms with Gasteiger partial charge in [0, 0.05) is 35.4 Å². The number of amides is 1. The highest BCUT2D eigenvalue weighted by atomic mass is 35.5. The molecular weight excluding hydrogens is 499 g/mol. The summed E-state index contributed by atoms with van der Waals surface area (Å²) in [4.78, 5) is 23.4. The molecule has 3 atom stereocenters. The summed E-state index contributed by atoms with van der Waals surface area (Å²) >= 11 is 12.0. The fourth-order valence-corrected chi connectivity index (χ4v) is 5.14. The van der Waals surface area contributed by atoms with Gasteiger partial charge in [-0.2, -0.15) is 17.6 Å². The summed E-state index contributed by atoms with van der Waals surface area (Å²) in [7, 11) is 0. The number of nitrogens with two attached hydrogens (primary N) is 1. The molecule has 3 unspecified atom stereocenters. The number of likely N-dealkylation sites (tertiary alicyclic amines) is 1. The van der Waals surface area contributed by atoms with Crippen LogP contribution in [0.15, 0.2) is 24.5 Å². The van der Waals surface area contributed by atoms with Crippen molar-refractivity contribution in [3.63, 3.8) is 0 Å². The molecule has 184 valence electrons. The topological polar surface area (TPSA) is 87.4 Å². The van der Waals surface area contributed by atoms with Crippen LogP contribution in [0.3, 0.4) is 0 Å². The second kappa shape index (κ2) is 9.61. The van der Waals surface area contributed by atoms with E-state index in [1.54, 1.807) is 12.1 Å². The predicted molar refractivity (Wildman–Crippen MR) is 121 cm³/mol. The van der Waals surface area contributed by atoms with E-state index in [0.29, 0.717) is 28.6 Å². The molecule has 34 heavy (non-hydrogen) atoms. The lowest BCUT2D eigenvalue weighted by Gasteiger charge is -2.47. The molecule has 13 heteroatoms. The van der Waals surface area contributed by atoms with Crippen LogP contribution in [0.1, 0.15) is 19.3 Å². The number of carbonyl (C=O) groups excluding carboxylic acids is 1. The fourth-order valence-electron chi connectivity index (χ4n) is 4.62. The maximum Gasteiger partial charge on any atom is 0.393 e. The van der Waals surface area contributed by atoms with Gasteiger partial charge in [-0.05, 0) is 37.5 Å². The molecule has 0 aliphatic carbocycles. The standard InChI is InChI=1S/C21H22Cl2F4N6O/c22-11-6-12(23)8-13(7-11)31-15-2-1-4-33(20(15)34)16-9-32(5-3-14(16)21(25,26)27)19-17(24)18(28)29-10-30-19/h6-8,10,14-16,31H,1-5,9H2,(H2,28,29,30). The minimum Gasteiger partial charge on any atom is -0.381 e. The number of anilines is 3. The molecule has 3 N–H and O–H groups in total. The lowest BCUT2D eigenvalue weighted by atomic mass is 9.87. The Labute approximate surface area is 203 Å². The highest BCUT2D eigenvalue weighted by molar-refractivity contribution is 6.35. The van der Waals surface area contributed by atoms with Gasteiger partial charge >= 0.3 is 6.18 Å². The van der Waals surface area contributed by atoms with Crippen molar-refractivity contribution in [1.29, 1.82) is 0 Å². The van der Waals surface area contributed by atoms with Crippen molar-refractivity contribution in [3.8, 4) is 0 Å². The monoisotopic (exact) mass is 520 g/mol. The van der Waals surface area contributed by atoms with Gasteiger partial charge in [0.05, 0.1) is 12.0 Å². The van der Waals surface area contributed by atoms with E-state index in [-0.39, 0.29) is 31.9 Å². The van der Waals surface area contributed by atoms with Gasteiger partial charge in [0.2, 0.25) is 11.7 Å². The third kappa shape index (κ3) is 5.10. The van der Waals surface area contributed by atoms with Gasteiger partial charge in [0.1, 0.15) is 12.4 Å². The van der Waals surface area contributed by atoms with Crippen molar-refractivity contribution >= 4 is 46.4 Å².